The lowest BCUT2D eigenvalue weighted by atomic mass is 9.98. The molecule has 18 heavy (non-hydrogen) atoms. The average Bonchev–Trinajstić information content (AvgIpc) is 2.78. The number of amides is 1. The molecule has 1 aromatic carbocycles. The van der Waals surface area contributed by atoms with E-state index in [1.165, 1.54) is 12.1 Å². The van der Waals surface area contributed by atoms with Crippen molar-refractivity contribution in [2.45, 2.75) is 32.2 Å². The summed E-state index contributed by atoms with van der Waals surface area (Å²) in [5.74, 6) is -0.295. The zero-order valence-corrected chi connectivity index (χ0v) is 10.9. The minimum atomic E-state index is -0.512. The minimum absolute atomic E-state index is 0.0214. The Morgan fingerprint density at radius 1 is 1.56 bits per heavy atom. The summed E-state index contributed by atoms with van der Waals surface area (Å²) >= 11 is 0. The molecule has 1 aromatic rings. The Kier molecular flexibility index (Phi) is 3.66. The van der Waals surface area contributed by atoms with Gasteiger partial charge in [0.15, 0.2) is 0 Å². The lowest BCUT2D eigenvalue weighted by Gasteiger charge is -2.31. The number of hydrogen-bond acceptors (Lipinski definition) is 2. The van der Waals surface area contributed by atoms with Crippen molar-refractivity contribution >= 4 is 11.6 Å². The smallest absolute Gasteiger partial charge is 0.246 e. The number of anilines is 1. The summed E-state index contributed by atoms with van der Waals surface area (Å²) in [5, 5.41) is 3.25. The largest absolute Gasteiger partial charge is 0.311 e. The van der Waals surface area contributed by atoms with Gasteiger partial charge in [0.05, 0.1) is 5.54 Å². The van der Waals surface area contributed by atoms with Gasteiger partial charge in [-0.05, 0) is 51.4 Å². The summed E-state index contributed by atoms with van der Waals surface area (Å²) in [5.41, 5.74) is 0.111. The quantitative estimate of drug-likeness (QED) is 0.893. The molecule has 1 saturated heterocycles. The van der Waals surface area contributed by atoms with Gasteiger partial charge in [-0.2, -0.15) is 0 Å². The summed E-state index contributed by atoms with van der Waals surface area (Å²) in [6.45, 7) is 5.23. The number of benzene rings is 1. The first-order valence-electron chi connectivity index (χ1n) is 6.39. The van der Waals surface area contributed by atoms with Gasteiger partial charge in [-0.15, -0.1) is 0 Å². The van der Waals surface area contributed by atoms with Gasteiger partial charge in [0.25, 0.3) is 0 Å². The number of carbonyl (C=O) groups excluding carboxylic acids is 1. The molecule has 0 aliphatic carbocycles. The van der Waals surface area contributed by atoms with Crippen LogP contribution in [0.1, 0.15) is 26.7 Å². The van der Waals surface area contributed by atoms with Crippen LogP contribution in [0.25, 0.3) is 0 Å². The second-order valence-corrected chi connectivity index (χ2v) is 4.89. The van der Waals surface area contributed by atoms with E-state index in [2.05, 4.69) is 5.32 Å². The number of carbonyl (C=O) groups is 1. The SMILES string of the molecule is CCN(C(=O)C1(C)CCCN1)c1cccc(F)c1. The van der Waals surface area contributed by atoms with Crippen LogP contribution in [-0.4, -0.2) is 24.5 Å². The molecule has 1 aliphatic heterocycles. The highest BCUT2D eigenvalue weighted by molar-refractivity contribution is 6.00. The lowest BCUT2D eigenvalue weighted by Crippen LogP contribution is -2.53. The zero-order chi connectivity index (χ0) is 13.2. The van der Waals surface area contributed by atoms with E-state index in [-0.39, 0.29) is 11.7 Å². The van der Waals surface area contributed by atoms with Gasteiger partial charge in [0, 0.05) is 12.2 Å². The van der Waals surface area contributed by atoms with Gasteiger partial charge < -0.3 is 10.2 Å². The van der Waals surface area contributed by atoms with E-state index in [9.17, 15) is 9.18 Å². The predicted molar refractivity (Wildman–Crippen MR) is 70.1 cm³/mol. The molecule has 0 bridgehead atoms. The molecule has 3 nitrogen and oxygen atoms in total. The molecule has 0 spiro atoms. The van der Waals surface area contributed by atoms with Crippen molar-refractivity contribution in [3.8, 4) is 0 Å². The second-order valence-electron chi connectivity index (χ2n) is 4.89. The van der Waals surface area contributed by atoms with Crippen LogP contribution >= 0.6 is 0 Å². The highest BCUT2D eigenvalue weighted by Crippen LogP contribution is 2.25. The monoisotopic (exact) mass is 250 g/mol. The van der Waals surface area contributed by atoms with Crippen LogP contribution in [-0.2, 0) is 4.79 Å². The third kappa shape index (κ3) is 2.38. The fraction of sp³-hybridized carbons (Fsp3) is 0.500. The molecule has 1 N–H and O–H groups in total. The van der Waals surface area contributed by atoms with E-state index >= 15 is 0 Å². The number of nitrogens with one attached hydrogen (secondary N) is 1. The molecule has 1 aliphatic rings. The van der Waals surface area contributed by atoms with Crippen LogP contribution in [0.3, 0.4) is 0 Å². The van der Waals surface area contributed by atoms with Crippen LogP contribution in [0.5, 0.6) is 0 Å². The first kappa shape index (κ1) is 13.0. The number of nitrogens with zero attached hydrogens (tertiary/aromatic N) is 1. The summed E-state index contributed by atoms with van der Waals surface area (Å²) in [7, 11) is 0. The molecule has 1 atom stereocenters. The molecule has 1 unspecified atom stereocenters. The summed E-state index contributed by atoms with van der Waals surface area (Å²) in [4.78, 5) is 14.2. The van der Waals surface area contributed by atoms with Gasteiger partial charge in [-0.1, -0.05) is 6.07 Å². The number of hydrogen-bond donors (Lipinski definition) is 1. The van der Waals surface area contributed by atoms with E-state index in [4.69, 9.17) is 0 Å². The molecule has 1 fully saturated rings. The van der Waals surface area contributed by atoms with Crippen molar-refractivity contribution in [2.24, 2.45) is 0 Å². The fourth-order valence-electron chi connectivity index (χ4n) is 2.46. The molecular formula is C14H19FN2O. The Morgan fingerprint density at radius 3 is 2.89 bits per heavy atom. The topological polar surface area (TPSA) is 32.3 Å². The average molecular weight is 250 g/mol. The van der Waals surface area contributed by atoms with Crippen molar-refractivity contribution in [1.29, 1.82) is 0 Å². The molecule has 4 heteroatoms. The Bertz CT molecular complexity index is 441. The van der Waals surface area contributed by atoms with Gasteiger partial charge in [-0.25, -0.2) is 4.39 Å². The third-order valence-corrected chi connectivity index (χ3v) is 3.52. The first-order chi connectivity index (χ1) is 8.57. The molecular weight excluding hydrogens is 231 g/mol. The standard InChI is InChI=1S/C14H19FN2O/c1-3-17(12-7-4-6-11(15)10-12)13(18)14(2)8-5-9-16-14/h4,6-7,10,16H,3,5,8-9H2,1-2H3. The van der Waals surface area contributed by atoms with Gasteiger partial charge in [0.1, 0.15) is 5.82 Å². The lowest BCUT2D eigenvalue weighted by molar-refractivity contribution is -0.123. The predicted octanol–water partition coefficient (Wildman–Crippen LogP) is 2.32. The Hall–Kier alpha value is -1.42. The molecule has 1 heterocycles. The van der Waals surface area contributed by atoms with E-state index in [1.807, 2.05) is 13.8 Å². The van der Waals surface area contributed by atoms with E-state index in [0.717, 1.165) is 19.4 Å². The van der Waals surface area contributed by atoms with Crippen LogP contribution in [0.15, 0.2) is 24.3 Å². The highest BCUT2D eigenvalue weighted by atomic mass is 19.1. The molecule has 1 amide bonds. The van der Waals surface area contributed by atoms with Crippen molar-refractivity contribution in [3.63, 3.8) is 0 Å². The fourth-order valence-corrected chi connectivity index (χ4v) is 2.46. The second kappa shape index (κ2) is 5.06. The van der Waals surface area contributed by atoms with Crippen molar-refractivity contribution in [1.82, 2.24) is 5.32 Å². The van der Waals surface area contributed by atoms with E-state index < -0.39 is 5.54 Å². The summed E-state index contributed by atoms with van der Waals surface area (Å²) < 4.78 is 13.2. The number of likely N-dealkylation sites (N-methyl/N-ethyl adjacent to an activating group) is 1. The van der Waals surface area contributed by atoms with Gasteiger partial charge in [-0.3, -0.25) is 4.79 Å². The molecule has 0 aromatic heterocycles. The zero-order valence-electron chi connectivity index (χ0n) is 10.9. The summed E-state index contributed by atoms with van der Waals surface area (Å²) in [6.07, 6.45) is 1.83. The Balaban J connectivity index is 2.26. The van der Waals surface area contributed by atoms with Gasteiger partial charge in [0.2, 0.25) is 5.91 Å². The third-order valence-electron chi connectivity index (χ3n) is 3.52. The van der Waals surface area contributed by atoms with Crippen LogP contribution in [0, 0.1) is 5.82 Å². The Morgan fingerprint density at radius 2 is 2.33 bits per heavy atom. The normalized spacial score (nSPS) is 23.1. The maximum absolute atomic E-state index is 13.2. The molecule has 98 valence electrons. The maximum Gasteiger partial charge on any atom is 0.246 e. The van der Waals surface area contributed by atoms with E-state index in [1.54, 1.807) is 17.0 Å². The van der Waals surface area contributed by atoms with Crippen molar-refractivity contribution < 1.29 is 9.18 Å². The molecule has 0 radical (unpaired) electrons. The first-order valence-corrected chi connectivity index (χ1v) is 6.39. The van der Waals surface area contributed by atoms with Crippen LogP contribution < -0.4 is 10.2 Å². The van der Waals surface area contributed by atoms with Crippen LogP contribution in [0.4, 0.5) is 10.1 Å². The van der Waals surface area contributed by atoms with Crippen LogP contribution in [0.2, 0.25) is 0 Å². The van der Waals surface area contributed by atoms with Crippen molar-refractivity contribution in [3.05, 3.63) is 30.1 Å². The molecule has 0 saturated carbocycles. The number of halogens is 1. The maximum atomic E-state index is 13.2. The van der Waals surface area contributed by atoms with E-state index in [0.29, 0.717) is 12.2 Å². The minimum Gasteiger partial charge on any atom is -0.311 e. The highest BCUT2D eigenvalue weighted by Gasteiger charge is 2.38. The molecule has 2 rings (SSSR count). The van der Waals surface area contributed by atoms with Gasteiger partial charge >= 0.3 is 0 Å². The number of rotatable bonds is 3. The van der Waals surface area contributed by atoms with Crippen molar-refractivity contribution in [2.75, 3.05) is 18.0 Å². The summed E-state index contributed by atoms with van der Waals surface area (Å²) in [6, 6.07) is 6.19. The Labute approximate surface area is 107 Å².